The first-order valence-corrected chi connectivity index (χ1v) is 10.5. The minimum absolute atomic E-state index is 0.947. The molecule has 0 bridgehead atoms. The van der Waals surface area contributed by atoms with Gasteiger partial charge in [0.2, 0.25) is 0 Å². The van der Waals surface area contributed by atoms with E-state index in [9.17, 15) is 0 Å². The maximum absolute atomic E-state index is 2.34. The maximum Gasteiger partial charge on any atom is -0.0201 e. The SMILES string of the molecule is CCCCCC1=C(CCCCC)C(CCCCC)CCCC1. The lowest BCUT2D eigenvalue weighted by Crippen LogP contribution is -2.07. The van der Waals surface area contributed by atoms with Crippen molar-refractivity contribution in [3.63, 3.8) is 0 Å². The zero-order valence-corrected chi connectivity index (χ0v) is 15.9. The molecule has 0 fully saturated rings. The van der Waals surface area contributed by atoms with Gasteiger partial charge in [0.25, 0.3) is 0 Å². The van der Waals surface area contributed by atoms with E-state index < -0.39 is 0 Å². The van der Waals surface area contributed by atoms with Crippen molar-refractivity contribution in [3.05, 3.63) is 11.1 Å². The molecular formula is C22H42. The normalized spacial score (nSPS) is 19.5. The smallest absolute Gasteiger partial charge is 0.0201 e. The van der Waals surface area contributed by atoms with Crippen molar-refractivity contribution in [2.45, 2.75) is 124 Å². The molecule has 0 aromatic rings. The van der Waals surface area contributed by atoms with E-state index in [1.54, 1.807) is 0 Å². The van der Waals surface area contributed by atoms with Crippen LogP contribution in [0, 0.1) is 5.92 Å². The Morgan fingerprint density at radius 3 is 2.05 bits per heavy atom. The minimum atomic E-state index is 0.947. The summed E-state index contributed by atoms with van der Waals surface area (Å²) in [6, 6.07) is 0. The highest BCUT2D eigenvalue weighted by molar-refractivity contribution is 5.19. The second-order valence-electron chi connectivity index (χ2n) is 7.48. The molecule has 0 aliphatic heterocycles. The fraction of sp³-hybridized carbons (Fsp3) is 0.909. The number of allylic oxidation sites excluding steroid dienone is 2. The molecule has 0 heterocycles. The average Bonchev–Trinajstić information content (AvgIpc) is 2.71. The molecule has 0 aromatic carbocycles. The van der Waals surface area contributed by atoms with E-state index in [2.05, 4.69) is 20.8 Å². The van der Waals surface area contributed by atoms with Crippen molar-refractivity contribution < 1.29 is 0 Å². The number of rotatable bonds is 12. The van der Waals surface area contributed by atoms with Gasteiger partial charge in [-0.15, -0.1) is 0 Å². The maximum atomic E-state index is 2.34. The summed E-state index contributed by atoms with van der Waals surface area (Å²) in [7, 11) is 0. The molecule has 130 valence electrons. The lowest BCUT2D eigenvalue weighted by atomic mass is 9.83. The van der Waals surface area contributed by atoms with E-state index in [0.29, 0.717) is 0 Å². The van der Waals surface area contributed by atoms with Crippen LogP contribution in [0.5, 0.6) is 0 Å². The lowest BCUT2D eigenvalue weighted by Gasteiger charge is -2.22. The fourth-order valence-electron chi connectivity index (χ4n) is 4.13. The highest BCUT2D eigenvalue weighted by atomic mass is 14.3. The number of hydrogen-bond acceptors (Lipinski definition) is 0. The van der Waals surface area contributed by atoms with Gasteiger partial charge in [-0.25, -0.2) is 0 Å². The zero-order chi connectivity index (χ0) is 16.0. The minimum Gasteiger partial charge on any atom is -0.0707 e. The van der Waals surface area contributed by atoms with E-state index in [-0.39, 0.29) is 0 Å². The van der Waals surface area contributed by atoms with E-state index in [0.717, 1.165) is 5.92 Å². The summed E-state index contributed by atoms with van der Waals surface area (Å²) in [6.45, 7) is 7.00. The van der Waals surface area contributed by atoms with Crippen LogP contribution in [0.2, 0.25) is 0 Å². The monoisotopic (exact) mass is 306 g/mol. The van der Waals surface area contributed by atoms with Crippen molar-refractivity contribution in [3.8, 4) is 0 Å². The third kappa shape index (κ3) is 7.84. The van der Waals surface area contributed by atoms with Gasteiger partial charge in [0.15, 0.2) is 0 Å². The molecule has 0 nitrogen and oxygen atoms in total. The third-order valence-corrected chi connectivity index (χ3v) is 5.52. The highest BCUT2D eigenvalue weighted by Crippen LogP contribution is 2.37. The van der Waals surface area contributed by atoms with Crippen LogP contribution >= 0.6 is 0 Å². The van der Waals surface area contributed by atoms with Crippen LogP contribution in [-0.2, 0) is 0 Å². The topological polar surface area (TPSA) is 0 Å². The predicted octanol–water partition coefficient (Wildman–Crippen LogP) is 8.21. The molecule has 1 aliphatic carbocycles. The van der Waals surface area contributed by atoms with E-state index >= 15 is 0 Å². The second-order valence-corrected chi connectivity index (χ2v) is 7.48. The van der Waals surface area contributed by atoms with E-state index in [1.165, 1.54) is 103 Å². The summed E-state index contributed by atoms with van der Waals surface area (Å²) in [6.07, 6.45) is 22.9. The first-order chi connectivity index (χ1) is 10.8. The van der Waals surface area contributed by atoms with E-state index in [4.69, 9.17) is 0 Å². The van der Waals surface area contributed by atoms with Gasteiger partial charge in [-0.2, -0.15) is 0 Å². The first kappa shape index (κ1) is 19.8. The van der Waals surface area contributed by atoms with Crippen LogP contribution < -0.4 is 0 Å². The van der Waals surface area contributed by atoms with Crippen LogP contribution in [0.15, 0.2) is 11.1 Å². The van der Waals surface area contributed by atoms with Crippen LogP contribution in [0.1, 0.15) is 124 Å². The standard InChI is InChI=1S/C22H42/c1-4-7-10-15-20-17-13-14-18-21(16-11-8-5-2)22(20)19-12-9-6-3/h20H,4-19H2,1-3H3. The van der Waals surface area contributed by atoms with Gasteiger partial charge in [-0.1, -0.05) is 83.3 Å². The Morgan fingerprint density at radius 1 is 0.727 bits per heavy atom. The summed E-state index contributed by atoms with van der Waals surface area (Å²) >= 11 is 0. The van der Waals surface area contributed by atoms with Crippen molar-refractivity contribution >= 4 is 0 Å². The first-order valence-electron chi connectivity index (χ1n) is 10.5. The molecule has 22 heavy (non-hydrogen) atoms. The molecule has 0 aromatic heterocycles. The Balaban J connectivity index is 2.71. The average molecular weight is 307 g/mol. The Bertz CT molecular complexity index is 286. The van der Waals surface area contributed by atoms with Gasteiger partial charge < -0.3 is 0 Å². The van der Waals surface area contributed by atoms with Gasteiger partial charge in [0.05, 0.1) is 0 Å². The second kappa shape index (κ2) is 13.2. The number of hydrogen-bond donors (Lipinski definition) is 0. The van der Waals surface area contributed by atoms with Crippen molar-refractivity contribution in [1.82, 2.24) is 0 Å². The Kier molecular flexibility index (Phi) is 11.9. The quantitative estimate of drug-likeness (QED) is 0.252. The molecule has 1 atom stereocenters. The molecule has 0 amide bonds. The molecule has 0 N–H and O–H groups in total. The summed E-state index contributed by atoms with van der Waals surface area (Å²) in [5.74, 6) is 0.947. The Hall–Kier alpha value is -0.260. The Morgan fingerprint density at radius 2 is 1.36 bits per heavy atom. The van der Waals surface area contributed by atoms with Gasteiger partial charge in [-0.3, -0.25) is 0 Å². The number of unbranched alkanes of at least 4 members (excludes halogenated alkanes) is 6. The molecule has 1 unspecified atom stereocenters. The third-order valence-electron chi connectivity index (χ3n) is 5.52. The van der Waals surface area contributed by atoms with Crippen LogP contribution in [-0.4, -0.2) is 0 Å². The van der Waals surface area contributed by atoms with E-state index in [1.807, 2.05) is 11.1 Å². The molecule has 0 saturated heterocycles. The van der Waals surface area contributed by atoms with Crippen molar-refractivity contribution in [1.29, 1.82) is 0 Å². The summed E-state index contributed by atoms with van der Waals surface area (Å²) < 4.78 is 0. The molecule has 0 radical (unpaired) electrons. The highest BCUT2D eigenvalue weighted by Gasteiger charge is 2.20. The predicted molar refractivity (Wildman–Crippen MR) is 101 cm³/mol. The van der Waals surface area contributed by atoms with Crippen molar-refractivity contribution in [2.75, 3.05) is 0 Å². The van der Waals surface area contributed by atoms with Gasteiger partial charge in [0.1, 0.15) is 0 Å². The molecule has 0 spiro atoms. The van der Waals surface area contributed by atoms with Crippen molar-refractivity contribution in [2.24, 2.45) is 5.92 Å². The fourth-order valence-corrected chi connectivity index (χ4v) is 4.13. The molecule has 0 heteroatoms. The largest absolute Gasteiger partial charge is 0.0707 e. The van der Waals surface area contributed by atoms with Gasteiger partial charge in [0, 0.05) is 0 Å². The zero-order valence-electron chi connectivity index (χ0n) is 15.9. The van der Waals surface area contributed by atoms with Crippen LogP contribution in [0.25, 0.3) is 0 Å². The molecular weight excluding hydrogens is 264 g/mol. The lowest BCUT2D eigenvalue weighted by molar-refractivity contribution is 0.459. The summed E-state index contributed by atoms with van der Waals surface area (Å²) in [4.78, 5) is 0. The van der Waals surface area contributed by atoms with Crippen LogP contribution in [0.4, 0.5) is 0 Å². The van der Waals surface area contributed by atoms with Gasteiger partial charge >= 0.3 is 0 Å². The summed E-state index contributed by atoms with van der Waals surface area (Å²) in [5, 5.41) is 0. The molecule has 0 saturated carbocycles. The molecule has 1 rings (SSSR count). The molecule has 1 aliphatic rings. The summed E-state index contributed by atoms with van der Waals surface area (Å²) in [5.41, 5.74) is 3.85. The Labute approximate surface area is 141 Å². The van der Waals surface area contributed by atoms with Gasteiger partial charge in [-0.05, 0) is 57.3 Å². The van der Waals surface area contributed by atoms with Crippen LogP contribution in [0.3, 0.4) is 0 Å².